The fourth-order valence-corrected chi connectivity index (χ4v) is 2.96. The zero-order valence-corrected chi connectivity index (χ0v) is 13.3. The minimum Gasteiger partial charge on any atom is -0.326 e. The van der Waals surface area contributed by atoms with Crippen molar-refractivity contribution in [2.24, 2.45) is 5.41 Å². The summed E-state index contributed by atoms with van der Waals surface area (Å²) in [7, 11) is 0. The number of carbonyl (C=O) groups excluding carboxylic acids is 1. The van der Waals surface area contributed by atoms with E-state index >= 15 is 0 Å². The molecule has 1 unspecified atom stereocenters. The van der Waals surface area contributed by atoms with Crippen LogP contribution < -0.4 is 0 Å². The van der Waals surface area contributed by atoms with Gasteiger partial charge in [-0.05, 0) is 35.6 Å². The van der Waals surface area contributed by atoms with Crippen LogP contribution in [0.25, 0.3) is 0 Å². The lowest BCUT2D eigenvalue weighted by atomic mass is 9.85. The number of pyridine rings is 2. The van der Waals surface area contributed by atoms with Crippen LogP contribution in [0.4, 0.5) is 0 Å². The second kappa shape index (κ2) is 5.52. The van der Waals surface area contributed by atoms with Crippen LogP contribution in [0, 0.1) is 5.41 Å². The highest BCUT2D eigenvalue weighted by atomic mass is 16.2. The van der Waals surface area contributed by atoms with Crippen molar-refractivity contribution in [1.82, 2.24) is 14.9 Å². The average molecular weight is 295 g/mol. The molecular weight excluding hydrogens is 274 g/mol. The van der Waals surface area contributed by atoms with Gasteiger partial charge in [-0.2, -0.15) is 0 Å². The summed E-state index contributed by atoms with van der Waals surface area (Å²) in [5.74, 6) is 0.0706. The molecule has 1 amide bonds. The van der Waals surface area contributed by atoms with Gasteiger partial charge in [0.25, 0.3) is 5.91 Å². The van der Waals surface area contributed by atoms with E-state index in [4.69, 9.17) is 0 Å². The predicted octanol–water partition coefficient (Wildman–Crippen LogP) is 3.61. The Morgan fingerprint density at radius 3 is 2.64 bits per heavy atom. The Bertz CT molecular complexity index is 676. The Kier molecular flexibility index (Phi) is 3.69. The Hall–Kier alpha value is -2.23. The summed E-state index contributed by atoms with van der Waals surface area (Å²) < 4.78 is 0. The monoisotopic (exact) mass is 295 g/mol. The van der Waals surface area contributed by atoms with E-state index in [2.05, 4.69) is 30.7 Å². The maximum absolute atomic E-state index is 12.8. The van der Waals surface area contributed by atoms with Crippen LogP contribution in [-0.4, -0.2) is 20.8 Å². The lowest BCUT2D eigenvalue weighted by molar-refractivity contribution is 0.0651. The molecule has 114 valence electrons. The first-order valence-corrected chi connectivity index (χ1v) is 7.60. The Labute approximate surface area is 131 Å². The largest absolute Gasteiger partial charge is 0.326 e. The van der Waals surface area contributed by atoms with Crippen molar-refractivity contribution in [3.05, 3.63) is 59.7 Å². The molecule has 0 fully saturated rings. The third-order valence-electron chi connectivity index (χ3n) is 3.95. The van der Waals surface area contributed by atoms with E-state index in [0.717, 1.165) is 23.2 Å². The number of hydrogen-bond donors (Lipinski definition) is 0. The summed E-state index contributed by atoms with van der Waals surface area (Å²) in [5.41, 5.74) is 2.79. The molecule has 1 atom stereocenters. The number of fused-ring (bicyclic) bond motifs is 1. The van der Waals surface area contributed by atoms with Crippen molar-refractivity contribution in [1.29, 1.82) is 0 Å². The summed E-state index contributed by atoms with van der Waals surface area (Å²) in [6.45, 7) is 7.16. The quantitative estimate of drug-likeness (QED) is 0.869. The van der Waals surface area contributed by atoms with Crippen molar-refractivity contribution < 1.29 is 4.79 Å². The molecule has 0 spiro atoms. The van der Waals surface area contributed by atoms with Gasteiger partial charge in [-0.3, -0.25) is 14.8 Å². The van der Waals surface area contributed by atoms with Gasteiger partial charge in [-0.15, -0.1) is 0 Å². The van der Waals surface area contributed by atoms with Gasteiger partial charge in [0.1, 0.15) is 0 Å². The minimum atomic E-state index is 0.0235. The highest BCUT2D eigenvalue weighted by Crippen LogP contribution is 2.37. The SMILES string of the molecule is CC(C)(C)CC(c1cccnc1)N1Cc2ncccc2C1=O. The first-order chi connectivity index (χ1) is 10.5. The van der Waals surface area contributed by atoms with Crippen molar-refractivity contribution in [2.45, 2.75) is 39.8 Å². The number of aromatic nitrogens is 2. The molecule has 0 aliphatic carbocycles. The van der Waals surface area contributed by atoms with Gasteiger partial charge < -0.3 is 4.90 Å². The summed E-state index contributed by atoms with van der Waals surface area (Å²) in [6, 6.07) is 7.69. The van der Waals surface area contributed by atoms with Gasteiger partial charge in [-0.1, -0.05) is 26.8 Å². The second-order valence-corrected chi connectivity index (χ2v) is 7.00. The molecule has 0 radical (unpaired) electrons. The first kappa shape index (κ1) is 14.7. The smallest absolute Gasteiger partial charge is 0.256 e. The lowest BCUT2D eigenvalue weighted by Crippen LogP contribution is -2.32. The fourth-order valence-electron chi connectivity index (χ4n) is 2.96. The van der Waals surface area contributed by atoms with Crippen LogP contribution in [-0.2, 0) is 6.54 Å². The Morgan fingerprint density at radius 1 is 1.23 bits per heavy atom. The van der Waals surface area contributed by atoms with Gasteiger partial charge >= 0.3 is 0 Å². The van der Waals surface area contributed by atoms with Crippen LogP contribution >= 0.6 is 0 Å². The molecule has 22 heavy (non-hydrogen) atoms. The van der Waals surface area contributed by atoms with E-state index in [1.165, 1.54) is 0 Å². The van der Waals surface area contributed by atoms with Gasteiger partial charge in [0.2, 0.25) is 0 Å². The standard InChI is InChI=1S/C18H21N3O/c1-18(2,3)10-16(13-6-4-8-19-11-13)21-12-15-14(17(21)22)7-5-9-20-15/h4-9,11,16H,10,12H2,1-3H3. The molecule has 0 saturated heterocycles. The highest BCUT2D eigenvalue weighted by Gasteiger charge is 2.36. The molecule has 0 bridgehead atoms. The number of amides is 1. The predicted molar refractivity (Wildman–Crippen MR) is 85.2 cm³/mol. The summed E-state index contributed by atoms with van der Waals surface area (Å²) >= 11 is 0. The highest BCUT2D eigenvalue weighted by molar-refractivity contribution is 5.98. The van der Waals surface area contributed by atoms with Crippen LogP contribution in [0.5, 0.6) is 0 Å². The minimum absolute atomic E-state index is 0.0235. The molecule has 0 saturated carbocycles. The van der Waals surface area contributed by atoms with Crippen molar-refractivity contribution in [2.75, 3.05) is 0 Å². The maximum atomic E-state index is 12.8. The van der Waals surface area contributed by atoms with E-state index in [9.17, 15) is 4.79 Å². The molecule has 4 heteroatoms. The van der Waals surface area contributed by atoms with Crippen LogP contribution in [0.2, 0.25) is 0 Å². The molecule has 3 rings (SSSR count). The summed E-state index contributed by atoms with van der Waals surface area (Å²) in [6.07, 6.45) is 6.26. The third-order valence-corrected chi connectivity index (χ3v) is 3.95. The number of carbonyl (C=O) groups is 1. The molecule has 4 nitrogen and oxygen atoms in total. The molecule has 2 aromatic heterocycles. The normalized spacial score (nSPS) is 15.8. The van der Waals surface area contributed by atoms with Gasteiger partial charge in [0, 0.05) is 18.6 Å². The van der Waals surface area contributed by atoms with Gasteiger partial charge in [-0.25, -0.2) is 0 Å². The molecule has 1 aliphatic rings. The fraction of sp³-hybridized carbons (Fsp3) is 0.389. The third kappa shape index (κ3) is 2.86. The van der Waals surface area contributed by atoms with Crippen molar-refractivity contribution in [3.63, 3.8) is 0 Å². The molecule has 0 aromatic carbocycles. The molecule has 3 heterocycles. The topological polar surface area (TPSA) is 46.1 Å². The molecule has 1 aliphatic heterocycles. The molecular formula is C18H21N3O. The van der Waals surface area contributed by atoms with E-state index in [1.54, 1.807) is 12.4 Å². The van der Waals surface area contributed by atoms with Crippen molar-refractivity contribution >= 4 is 5.91 Å². The van der Waals surface area contributed by atoms with Crippen LogP contribution in [0.15, 0.2) is 42.9 Å². The zero-order valence-electron chi connectivity index (χ0n) is 13.3. The van der Waals surface area contributed by atoms with Crippen LogP contribution in [0.3, 0.4) is 0 Å². The Morgan fingerprint density at radius 2 is 2.00 bits per heavy atom. The number of rotatable bonds is 3. The summed E-state index contributed by atoms with van der Waals surface area (Å²) in [4.78, 5) is 23.3. The van der Waals surface area contributed by atoms with E-state index in [1.807, 2.05) is 35.4 Å². The van der Waals surface area contributed by atoms with Crippen molar-refractivity contribution in [3.8, 4) is 0 Å². The van der Waals surface area contributed by atoms with E-state index in [-0.39, 0.29) is 17.4 Å². The maximum Gasteiger partial charge on any atom is 0.256 e. The van der Waals surface area contributed by atoms with Gasteiger partial charge in [0.15, 0.2) is 0 Å². The van der Waals surface area contributed by atoms with Gasteiger partial charge in [0.05, 0.1) is 23.8 Å². The number of nitrogens with zero attached hydrogens (tertiary/aromatic N) is 3. The second-order valence-electron chi connectivity index (χ2n) is 7.00. The van der Waals surface area contributed by atoms with E-state index < -0.39 is 0 Å². The molecule has 2 aromatic rings. The first-order valence-electron chi connectivity index (χ1n) is 7.60. The Balaban J connectivity index is 1.96. The molecule has 0 N–H and O–H groups in total. The lowest BCUT2D eigenvalue weighted by Gasteiger charge is -2.33. The number of hydrogen-bond acceptors (Lipinski definition) is 3. The average Bonchev–Trinajstić information content (AvgIpc) is 2.82. The van der Waals surface area contributed by atoms with E-state index in [0.29, 0.717) is 6.54 Å². The zero-order chi connectivity index (χ0) is 15.7. The van der Waals surface area contributed by atoms with Crippen LogP contribution in [0.1, 0.15) is 54.8 Å². The summed E-state index contributed by atoms with van der Waals surface area (Å²) in [5, 5.41) is 0.